The summed E-state index contributed by atoms with van der Waals surface area (Å²) < 4.78 is 0. The number of aryl methyl sites for hydroxylation is 1. The van der Waals surface area contributed by atoms with Crippen molar-refractivity contribution in [2.24, 2.45) is 11.3 Å². The van der Waals surface area contributed by atoms with E-state index < -0.39 is 0 Å². The van der Waals surface area contributed by atoms with Gasteiger partial charge in [0.2, 0.25) is 0 Å². The lowest BCUT2D eigenvalue weighted by Crippen LogP contribution is -2.27. The standard InChI is InChI=1S/C18H26N2/c1-14-7-5-8-15(13-19)17(14)20-11-6-9-16(10-12-20)18(2,3)4/h5,7-8,16H,6,9-12H2,1-4H3. The van der Waals surface area contributed by atoms with E-state index in [9.17, 15) is 5.26 Å². The molecule has 1 aromatic rings. The zero-order valence-corrected chi connectivity index (χ0v) is 13.2. The minimum Gasteiger partial charge on any atom is -0.370 e. The molecule has 0 radical (unpaired) electrons. The molecule has 1 heterocycles. The van der Waals surface area contributed by atoms with Crippen LogP contribution < -0.4 is 4.90 Å². The molecule has 108 valence electrons. The third kappa shape index (κ3) is 3.15. The highest BCUT2D eigenvalue weighted by atomic mass is 15.1. The van der Waals surface area contributed by atoms with Gasteiger partial charge in [0.1, 0.15) is 6.07 Å². The van der Waals surface area contributed by atoms with Gasteiger partial charge < -0.3 is 4.90 Å². The summed E-state index contributed by atoms with van der Waals surface area (Å²) in [6, 6.07) is 8.39. The molecule has 0 spiro atoms. The number of hydrogen-bond acceptors (Lipinski definition) is 2. The molecule has 1 saturated heterocycles. The van der Waals surface area contributed by atoms with Gasteiger partial charge in [-0.05, 0) is 49.1 Å². The fourth-order valence-electron chi connectivity index (χ4n) is 3.35. The first-order chi connectivity index (χ1) is 9.43. The van der Waals surface area contributed by atoms with Crippen LogP contribution in [0.2, 0.25) is 0 Å². The van der Waals surface area contributed by atoms with Crippen molar-refractivity contribution in [2.45, 2.75) is 47.0 Å². The third-order valence-electron chi connectivity index (χ3n) is 4.63. The summed E-state index contributed by atoms with van der Waals surface area (Å²) in [7, 11) is 0. The second-order valence-electron chi connectivity index (χ2n) is 7.06. The number of rotatable bonds is 1. The first kappa shape index (κ1) is 14.9. The van der Waals surface area contributed by atoms with Crippen molar-refractivity contribution in [3.05, 3.63) is 29.3 Å². The molecule has 0 amide bonds. The topological polar surface area (TPSA) is 27.0 Å². The summed E-state index contributed by atoms with van der Waals surface area (Å²) in [6.07, 6.45) is 3.75. The second kappa shape index (κ2) is 5.87. The summed E-state index contributed by atoms with van der Waals surface area (Å²) >= 11 is 0. The van der Waals surface area contributed by atoms with Crippen molar-refractivity contribution in [1.29, 1.82) is 5.26 Å². The van der Waals surface area contributed by atoms with Crippen LogP contribution in [0.15, 0.2) is 18.2 Å². The van der Waals surface area contributed by atoms with E-state index in [-0.39, 0.29) is 0 Å². The molecule has 1 unspecified atom stereocenters. The minimum atomic E-state index is 0.389. The zero-order valence-electron chi connectivity index (χ0n) is 13.2. The highest BCUT2D eigenvalue weighted by Gasteiger charge is 2.27. The van der Waals surface area contributed by atoms with Gasteiger partial charge in [0.05, 0.1) is 11.3 Å². The van der Waals surface area contributed by atoms with E-state index in [4.69, 9.17) is 0 Å². The number of nitrogens with zero attached hydrogens (tertiary/aromatic N) is 2. The Kier molecular flexibility index (Phi) is 4.38. The molecule has 2 rings (SSSR count). The van der Waals surface area contributed by atoms with Crippen molar-refractivity contribution in [1.82, 2.24) is 0 Å². The summed E-state index contributed by atoms with van der Waals surface area (Å²) in [5.74, 6) is 0.780. The quantitative estimate of drug-likeness (QED) is 0.750. The summed E-state index contributed by atoms with van der Waals surface area (Å²) in [5, 5.41) is 9.35. The molecule has 1 fully saturated rings. The molecule has 0 N–H and O–H groups in total. The SMILES string of the molecule is Cc1cccc(C#N)c1N1CCCC(C(C)(C)C)CC1. The Balaban J connectivity index is 2.22. The van der Waals surface area contributed by atoms with Gasteiger partial charge in [-0.1, -0.05) is 32.9 Å². The Morgan fingerprint density at radius 1 is 1.20 bits per heavy atom. The first-order valence-electron chi connectivity index (χ1n) is 7.68. The molecule has 2 heteroatoms. The number of anilines is 1. The molecule has 2 nitrogen and oxygen atoms in total. The molecule has 0 aliphatic carbocycles. The third-order valence-corrected chi connectivity index (χ3v) is 4.63. The molecule has 20 heavy (non-hydrogen) atoms. The average molecular weight is 270 g/mol. The van der Waals surface area contributed by atoms with Crippen LogP contribution in [0.4, 0.5) is 5.69 Å². The maximum Gasteiger partial charge on any atom is 0.101 e. The van der Waals surface area contributed by atoms with E-state index in [0.717, 1.165) is 30.3 Å². The maximum atomic E-state index is 9.35. The average Bonchev–Trinajstić information content (AvgIpc) is 2.63. The van der Waals surface area contributed by atoms with Gasteiger partial charge in [0.15, 0.2) is 0 Å². The van der Waals surface area contributed by atoms with Crippen molar-refractivity contribution in [2.75, 3.05) is 18.0 Å². The van der Waals surface area contributed by atoms with E-state index in [1.165, 1.54) is 24.8 Å². The van der Waals surface area contributed by atoms with Crippen LogP contribution in [-0.2, 0) is 0 Å². The van der Waals surface area contributed by atoms with Crippen molar-refractivity contribution in [3.8, 4) is 6.07 Å². The van der Waals surface area contributed by atoms with Gasteiger partial charge in [-0.2, -0.15) is 5.26 Å². The number of nitriles is 1. The van der Waals surface area contributed by atoms with E-state index in [1.54, 1.807) is 0 Å². The number of hydrogen-bond donors (Lipinski definition) is 0. The van der Waals surface area contributed by atoms with Crippen molar-refractivity contribution < 1.29 is 0 Å². The molecule has 0 saturated carbocycles. The second-order valence-corrected chi connectivity index (χ2v) is 7.06. The Bertz CT molecular complexity index is 505. The largest absolute Gasteiger partial charge is 0.370 e. The van der Waals surface area contributed by atoms with Gasteiger partial charge in [-0.3, -0.25) is 0 Å². The Labute approximate surface area is 123 Å². The summed E-state index contributed by atoms with van der Waals surface area (Å²) in [5.41, 5.74) is 3.59. The lowest BCUT2D eigenvalue weighted by Gasteiger charge is -2.30. The van der Waals surface area contributed by atoms with Crippen molar-refractivity contribution >= 4 is 5.69 Å². The summed E-state index contributed by atoms with van der Waals surface area (Å²) in [6.45, 7) is 11.3. The van der Waals surface area contributed by atoms with Gasteiger partial charge in [0.25, 0.3) is 0 Å². The highest BCUT2D eigenvalue weighted by Crippen LogP contribution is 2.36. The van der Waals surface area contributed by atoms with Gasteiger partial charge in [-0.15, -0.1) is 0 Å². The van der Waals surface area contributed by atoms with Gasteiger partial charge in [0, 0.05) is 13.1 Å². The molecule has 1 aliphatic heterocycles. The van der Waals surface area contributed by atoms with Crippen LogP contribution in [0.5, 0.6) is 0 Å². The molecule has 0 aromatic heterocycles. The first-order valence-corrected chi connectivity index (χ1v) is 7.68. The molecule has 1 atom stereocenters. The predicted octanol–water partition coefficient (Wildman–Crippen LogP) is 4.52. The minimum absolute atomic E-state index is 0.389. The zero-order chi connectivity index (χ0) is 14.8. The van der Waals surface area contributed by atoms with E-state index >= 15 is 0 Å². The van der Waals surface area contributed by atoms with Crippen molar-refractivity contribution in [3.63, 3.8) is 0 Å². The molecule has 0 bridgehead atoms. The predicted molar refractivity (Wildman–Crippen MR) is 84.9 cm³/mol. The lowest BCUT2D eigenvalue weighted by atomic mass is 9.77. The monoisotopic (exact) mass is 270 g/mol. The Morgan fingerprint density at radius 2 is 1.95 bits per heavy atom. The van der Waals surface area contributed by atoms with E-state index in [2.05, 4.69) is 44.7 Å². The highest BCUT2D eigenvalue weighted by molar-refractivity contribution is 5.64. The Hall–Kier alpha value is -1.49. The van der Waals surface area contributed by atoms with Gasteiger partial charge in [-0.25, -0.2) is 0 Å². The number of para-hydroxylation sites is 1. The van der Waals surface area contributed by atoms with Crippen LogP contribution in [0.1, 0.15) is 51.2 Å². The van der Waals surface area contributed by atoms with E-state index in [1.807, 2.05) is 12.1 Å². The fraction of sp³-hybridized carbons (Fsp3) is 0.611. The number of benzene rings is 1. The van der Waals surface area contributed by atoms with Crippen LogP contribution in [0.25, 0.3) is 0 Å². The van der Waals surface area contributed by atoms with Crippen LogP contribution in [0.3, 0.4) is 0 Å². The normalized spacial score (nSPS) is 20.4. The lowest BCUT2D eigenvalue weighted by molar-refractivity contribution is 0.220. The molecular formula is C18H26N2. The molecule has 1 aliphatic rings. The fourth-order valence-corrected chi connectivity index (χ4v) is 3.35. The van der Waals surface area contributed by atoms with E-state index in [0.29, 0.717) is 5.41 Å². The molecule has 1 aromatic carbocycles. The Morgan fingerprint density at radius 3 is 2.60 bits per heavy atom. The maximum absolute atomic E-state index is 9.35. The smallest absolute Gasteiger partial charge is 0.101 e. The molecular weight excluding hydrogens is 244 g/mol. The summed E-state index contributed by atoms with van der Waals surface area (Å²) in [4.78, 5) is 2.43. The van der Waals surface area contributed by atoms with Gasteiger partial charge >= 0.3 is 0 Å². The van der Waals surface area contributed by atoms with Crippen LogP contribution in [0, 0.1) is 29.6 Å². The van der Waals surface area contributed by atoms with Crippen LogP contribution in [-0.4, -0.2) is 13.1 Å². The van der Waals surface area contributed by atoms with Crippen LogP contribution >= 0.6 is 0 Å².